The second-order valence-corrected chi connectivity index (χ2v) is 7.90. The minimum atomic E-state index is -0.879. The number of aliphatic carboxylic acids is 1. The van der Waals surface area contributed by atoms with Gasteiger partial charge in [0.05, 0.1) is 6.42 Å². The zero-order valence-electron chi connectivity index (χ0n) is 18.6. The Hall–Kier alpha value is -1.59. The van der Waals surface area contributed by atoms with Crippen LogP contribution in [0.5, 0.6) is 0 Å². The third kappa shape index (κ3) is 22.6. The van der Waals surface area contributed by atoms with Crippen molar-refractivity contribution in [2.24, 2.45) is 0 Å². The first kappa shape index (κ1) is 27.4. The van der Waals surface area contributed by atoms with Crippen LogP contribution in [0.1, 0.15) is 116 Å². The monoisotopic (exact) mass is 412 g/mol. The number of hydrogen-bond acceptors (Lipinski definition) is 3. The van der Waals surface area contributed by atoms with Crippen LogP contribution < -0.4 is 10.6 Å². The Kier molecular flexibility index (Phi) is 20.0. The average molecular weight is 413 g/mol. The molecule has 0 heterocycles. The van der Waals surface area contributed by atoms with Gasteiger partial charge in [-0.15, -0.1) is 0 Å². The topological polar surface area (TPSA) is 95.5 Å². The van der Waals surface area contributed by atoms with Gasteiger partial charge in [0.15, 0.2) is 0 Å². The molecule has 0 aliphatic heterocycles. The minimum Gasteiger partial charge on any atom is -0.481 e. The number of hydrogen-bond donors (Lipinski definition) is 3. The molecule has 0 bridgehead atoms. The van der Waals surface area contributed by atoms with E-state index in [0.717, 1.165) is 25.8 Å². The van der Waals surface area contributed by atoms with Crippen LogP contribution >= 0.6 is 0 Å². The van der Waals surface area contributed by atoms with Crippen molar-refractivity contribution >= 4 is 17.8 Å². The first-order valence-electron chi connectivity index (χ1n) is 11.8. The molecule has 0 aliphatic rings. The summed E-state index contributed by atoms with van der Waals surface area (Å²) < 4.78 is 0. The van der Waals surface area contributed by atoms with E-state index in [-0.39, 0.29) is 24.8 Å². The molecule has 0 aromatic rings. The van der Waals surface area contributed by atoms with E-state index in [1.165, 1.54) is 70.6 Å². The highest BCUT2D eigenvalue weighted by atomic mass is 16.4. The maximum Gasteiger partial charge on any atom is 0.305 e. The second kappa shape index (κ2) is 21.1. The molecule has 0 aromatic heterocycles. The van der Waals surface area contributed by atoms with Crippen LogP contribution in [-0.4, -0.2) is 36.0 Å². The van der Waals surface area contributed by atoms with Crippen molar-refractivity contribution in [1.29, 1.82) is 0 Å². The Labute approximate surface area is 177 Å². The van der Waals surface area contributed by atoms with E-state index in [1.807, 2.05) is 6.92 Å². The molecule has 0 saturated heterocycles. The molecular weight excluding hydrogens is 368 g/mol. The predicted octanol–water partition coefficient (Wildman–Crippen LogP) is 4.96. The zero-order valence-corrected chi connectivity index (χ0v) is 18.6. The van der Waals surface area contributed by atoms with Crippen molar-refractivity contribution in [2.45, 2.75) is 116 Å². The standard InChI is InChI=1S/C23H44N2O4/c1-2-24-21(26)17-15-13-11-9-7-5-3-4-6-8-10-12-14-16-18-22(27)25-20-19-23(28)29/h2-20H2,1H3,(H,24,26)(H,25,27)(H,28,29). The first-order valence-corrected chi connectivity index (χ1v) is 11.8. The number of carboxylic acid groups (broad SMARTS) is 1. The molecule has 0 unspecified atom stereocenters. The van der Waals surface area contributed by atoms with Crippen LogP contribution in [-0.2, 0) is 14.4 Å². The molecule has 0 radical (unpaired) electrons. The summed E-state index contributed by atoms with van der Waals surface area (Å²) in [5.41, 5.74) is 0. The van der Waals surface area contributed by atoms with Gasteiger partial charge in [0.25, 0.3) is 0 Å². The highest BCUT2D eigenvalue weighted by molar-refractivity contribution is 5.76. The van der Waals surface area contributed by atoms with Crippen LogP contribution in [0.15, 0.2) is 0 Å². The molecule has 170 valence electrons. The van der Waals surface area contributed by atoms with E-state index in [4.69, 9.17) is 5.11 Å². The van der Waals surface area contributed by atoms with Crippen LogP contribution in [0.25, 0.3) is 0 Å². The predicted molar refractivity (Wildman–Crippen MR) is 118 cm³/mol. The molecule has 29 heavy (non-hydrogen) atoms. The van der Waals surface area contributed by atoms with Gasteiger partial charge in [0.2, 0.25) is 11.8 Å². The van der Waals surface area contributed by atoms with Crippen LogP contribution in [0, 0.1) is 0 Å². The molecule has 0 spiro atoms. The molecule has 0 aromatic carbocycles. The lowest BCUT2D eigenvalue weighted by Crippen LogP contribution is -2.25. The lowest BCUT2D eigenvalue weighted by molar-refractivity contribution is -0.137. The van der Waals surface area contributed by atoms with Gasteiger partial charge in [0.1, 0.15) is 0 Å². The average Bonchev–Trinajstić information content (AvgIpc) is 2.67. The number of amides is 2. The van der Waals surface area contributed by atoms with Crippen molar-refractivity contribution in [3.05, 3.63) is 0 Å². The number of unbranched alkanes of at least 4 members (excludes halogenated alkanes) is 13. The molecule has 0 aliphatic carbocycles. The molecule has 2 amide bonds. The van der Waals surface area contributed by atoms with Crippen LogP contribution in [0.3, 0.4) is 0 Å². The van der Waals surface area contributed by atoms with Gasteiger partial charge in [-0.05, 0) is 19.8 Å². The van der Waals surface area contributed by atoms with E-state index in [1.54, 1.807) is 0 Å². The van der Waals surface area contributed by atoms with E-state index >= 15 is 0 Å². The summed E-state index contributed by atoms with van der Waals surface area (Å²) >= 11 is 0. The number of carboxylic acids is 1. The smallest absolute Gasteiger partial charge is 0.305 e. The van der Waals surface area contributed by atoms with Crippen LogP contribution in [0.4, 0.5) is 0 Å². The SMILES string of the molecule is CCNC(=O)CCCCCCCCCCCCCCCCC(=O)NCCC(=O)O. The largest absolute Gasteiger partial charge is 0.481 e. The van der Waals surface area contributed by atoms with Crippen molar-refractivity contribution in [3.63, 3.8) is 0 Å². The van der Waals surface area contributed by atoms with Gasteiger partial charge < -0.3 is 15.7 Å². The summed E-state index contributed by atoms with van der Waals surface area (Å²) in [7, 11) is 0. The molecule has 0 fully saturated rings. The Morgan fingerprint density at radius 2 is 0.897 bits per heavy atom. The Morgan fingerprint density at radius 1 is 0.552 bits per heavy atom. The van der Waals surface area contributed by atoms with Crippen LogP contribution in [0.2, 0.25) is 0 Å². The number of nitrogens with one attached hydrogen (secondary N) is 2. The molecule has 6 heteroatoms. The fourth-order valence-corrected chi connectivity index (χ4v) is 3.38. The van der Waals surface area contributed by atoms with E-state index < -0.39 is 5.97 Å². The van der Waals surface area contributed by atoms with Gasteiger partial charge in [-0.2, -0.15) is 0 Å². The second-order valence-electron chi connectivity index (χ2n) is 7.90. The molecular formula is C23H44N2O4. The maximum absolute atomic E-state index is 11.5. The van der Waals surface area contributed by atoms with Gasteiger partial charge in [-0.3, -0.25) is 14.4 Å². The zero-order chi connectivity index (χ0) is 21.6. The van der Waals surface area contributed by atoms with Crippen molar-refractivity contribution in [1.82, 2.24) is 10.6 Å². The molecule has 0 saturated carbocycles. The fraction of sp³-hybridized carbons (Fsp3) is 0.870. The van der Waals surface area contributed by atoms with E-state index in [9.17, 15) is 14.4 Å². The summed E-state index contributed by atoms with van der Waals surface area (Å²) in [6.45, 7) is 2.91. The molecule has 0 atom stereocenters. The van der Waals surface area contributed by atoms with Gasteiger partial charge in [-0.25, -0.2) is 0 Å². The molecule has 3 N–H and O–H groups in total. The summed E-state index contributed by atoms with van der Waals surface area (Å²) in [5, 5.41) is 14.0. The van der Waals surface area contributed by atoms with Gasteiger partial charge in [0, 0.05) is 25.9 Å². The van der Waals surface area contributed by atoms with Crippen molar-refractivity contribution in [3.8, 4) is 0 Å². The lowest BCUT2D eigenvalue weighted by Gasteiger charge is -2.05. The number of rotatable bonds is 21. The highest BCUT2D eigenvalue weighted by Gasteiger charge is 2.02. The Bertz CT molecular complexity index is 427. The number of carbonyl (C=O) groups excluding carboxylic acids is 2. The summed E-state index contributed by atoms with van der Waals surface area (Å²) in [6.07, 6.45) is 18.2. The number of carbonyl (C=O) groups is 3. The quantitative estimate of drug-likeness (QED) is 0.232. The maximum atomic E-state index is 11.5. The molecule has 6 nitrogen and oxygen atoms in total. The summed E-state index contributed by atoms with van der Waals surface area (Å²) in [4.78, 5) is 33.2. The highest BCUT2D eigenvalue weighted by Crippen LogP contribution is 2.13. The van der Waals surface area contributed by atoms with E-state index in [2.05, 4.69) is 10.6 Å². The van der Waals surface area contributed by atoms with E-state index in [0.29, 0.717) is 12.8 Å². The Morgan fingerprint density at radius 3 is 1.24 bits per heavy atom. The molecule has 0 rings (SSSR count). The third-order valence-corrected chi connectivity index (χ3v) is 5.09. The fourth-order valence-electron chi connectivity index (χ4n) is 3.38. The third-order valence-electron chi connectivity index (χ3n) is 5.09. The minimum absolute atomic E-state index is 0.00898. The summed E-state index contributed by atoms with van der Waals surface area (Å²) in [5.74, 6) is -0.727. The van der Waals surface area contributed by atoms with Crippen molar-refractivity contribution in [2.75, 3.05) is 13.1 Å². The summed E-state index contributed by atoms with van der Waals surface area (Å²) in [6, 6.07) is 0. The first-order chi connectivity index (χ1) is 14.1. The normalized spacial score (nSPS) is 10.7. The van der Waals surface area contributed by atoms with Gasteiger partial charge in [-0.1, -0.05) is 77.0 Å². The van der Waals surface area contributed by atoms with Gasteiger partial charge >= 0.3 is 5.97 Å². The lowest BCUT2D eigenvalue weighted by atomic mass is 10.0. The Balaban J connectivity index is 3.16. The van der Waals surface area contributed by atoms with Crippen molar-refractivity contribution < 1.29 is 19.5 Å².